The summed E-state index contributed by atoms with van der Waals surface area (Å²) in [6.07, 6.45) is 0.522. The molecule has 134 valence electrons. The molecule has 3 rings (SSSR count). The number of carbonyl (C=O) groups is 2. The van der Waals surface area contributed by atoms with Crippen molar-refractivity contribution in [1.29, 1.82) is 0 Å². The van der Waals surface area contributed by atoms with Crippen molar-refractivity contribution in [2.45, 2.75) is 33.2 Å². The number of hydrogen-bond donors (Lipinski definition) is 3. The van der Waals surface area contributed by atoms with Crippen LogP contribution in [0.25, 0.3) is 0 Å². The topological polar surface area (TPSA) is 78.4 Å². The van der Waals surface area contributed by atoms with Gasteiger partial charge < -0.3 is 15.7 Å². The maximum Gasteiger partial charge on any atom is 0.319 e. The zero-order chi connectivity index (χ0) is 18.8. The molecule has 0 spiro atoms. The molecular formula is C21H22N2O3. The molecule has 0 fully saturated rings. The summed E-state index contributed by atoms with van der Waals surface area (Å²) in [6.45, 7) is 5.80. The van der Waals surface area contributed by atoms with Gasteiger partial charge in [-0.15, -0.1) is 0 Å². The van der Waals surface area contributed by atoms with E-state index in [0.717, 1.165) is 11.1 Å². The predicted molar refractivity (Wildman–Crippen MR) is 100 cm³/mol. The molecule has 1 unspecified atom stereocenters. The summed E-state index contributed by atoms with van der Waals surface area (Å²) in [4.78, 5) is 25.4. The minimum absolute atomic E-state index is 0.0894. The molecule has 5 nitrogen and oxygen atoms in total. The van der Waals surface area contributed by atoms with E-state index in [1.807, 2.05) is 39.0 Å². The Kier molecular flexibility index (Phi) is 4.80. The van der Waals surface area contributed by atoms with Crippen LogP contribution in [0.4, 0.5) is 4.79 Å². The van der Waals surface area contributed by atoms with Gasteiger partial charge in [-0.05, 0) is 50.1 Å². The van der Waals surface area contributed by atoms with Crippen LogP contribution in [-0.2, 0) is 0 Å². The molecule has 3 N–H and O–H groups in total. The molecule has 1 heterocycles. The zero-order valence-electron chi connectivity index (χ0n) is 15.1. The third-order valence-electron chi connectivity index (χ3n) is 4.44. The third-order valence-corrected chi connectivity index (χ3v) is 4.44. The Morgan fingerprint density at radius 1 is 1.12 bits per heavy atom. The number of hydrogen-bond acceptors (Lipinski definition) is 3. The van der Waals surface area contributed by atoms with Gasteiger partial charge in [0.05, 0.1) is 6.04 Å². The van der Waals surface area contributed by atoms with Crippen molar-refractivity contribution in [3.05, 3.63) is 76.0 Å². The van der Waals surface area contributed by atoms with Crippen molar-refractivity contribution in [3.63, 3.8) is 0 Å². The van der Waals surface area contributed by atoms with Gasteiger partial charge in [0.1, 0.15) is 5.75 Å². The SMILES string of the molecule is CCC1=C(C(=O)c2cc(C)cc(C)c2)C(c2cccc(O)c2)NC(=O)N1. The van der Waals surface area contributed by atoms with Gasteiger partial charge in [-0.3, -0.25) is 4.79 Å². The molecule has 1 aliphatic rings. The number of carbonyl (C=O) groups excluding carboxylic acids is 2. The Bertz CT molecular complexity index is 895. The first-order chi connectivity index (χ1) is 12.4. The molecule has 0 saturated heterocycles. The number of allylic oxidation sites excluding steroid dienone is 1. The second-order valence-electron chi connectivity index (χ2n) is 6.58. The van der Waals surface area contributed by atoms with Crippen LogP contribution in [-0.4, -0.2) is 16.9 Å². The van der Waals surface area contributed by atoms with Crippen LogP contribution in [0.1, 0.15) is 46.4 Å². The first-order valence-electron chi connectivity index (χ1n) is 8.61. The Morgan fingerprint density at radius 3 is 2.42 bits per heavy atom. The van der Waals surface area contributed by atoms with Gasteiger partial charge in [0, 0.05) is 16.8 Å². The highest BCUT2D eigenvalue weighted by Gasteiger charge is 2.32. The molecule has 2 amide bonds. The summed E-state index contributed by atoms with van der Waals surface area (Å²) in [5, 5.41) is 15.4. The van der Waals surface area contributed by atoms with E-state index < -0.39 is 6.04 Å². The summed E-state index contributed by atoms with van der Waals surface area (Å²) < 4.78 is 0. The molecular weight excluding hydrogens is 328 g/mol. The molecule has 1 atom stereocenters. The first kappa shape index (κ1) is 17.7. The summed E-state index contributed by atoms with van der Waals surface area (Å²) in [7, 11) is 0. The largest absolute Gasteiger partial charge is 0.508 e. The van der Waals surface area contributed by atoms with Crippen molar-refractivity contribution in [3.8, 4) is 5.75 Å². The van der Waals surface area contributed by atoms with Crippen molar-refractivity contribution in [1.82, 2.24) is 10.6 Å². The molecule has 2 aromatic rings. The monoisotopic (exact) mass is 350 g/mol. The predicted octanol–water partition coefficient (Wildman–Crippen LogP) is 3.91. The van der Waals surface area contributed by atoms with Crippen LogP contribution >= 0.6 is 0 Å². The molecule has 5 heteroatoms. The summed E-state index contributed by atoms with van der Waals surface area (Å²) in [5.74, 6) is -0.0407. The number of urea groups is 1. The van der Waals surface area contributed by atoms with Crippen molar-refractivity contribution in [2.24, 2.45) is 0 Å². The Labute approximate surface area is 152 Å². The van der Waals surface area contributed by atoms with Crippen molar-refractivity contribution < 1.29 is 14.7 Å². The lowest BCUT2D eigenvalue weighted by Crippen LogP contribution is -2.45. The smallest absolute Gasteiger partial charge is 0.319 e. The van der Waals surface area contributed by atoms with E-state index in [0.29, 0.717) is 28.8 Å². The number of aryl methyl sites for hydroxylation is 2. The number of ketones is 1. The number of aromatic hydroxyl groups is 1. The van der Waals surface area contributed by atoms with Crippen LogP contribution in [0, 0.1) is 13.8 Å². The Balaban J connectivity index is 2.14. The number of benzene rings is 2. The first-order valence-corrected chi connectivity index (χ1v) is 8.61. The molecule has 0 radical (unpaired) electrons. The normalized spacial score (nSPS) is 16.9. The van der Waals surface area contributed by atoms with E-state index in [2.05, 4.69) is 10.6 Å². The minimum Gasteiger partial charge on any atom is -0.508 e. The van der Waals surface area contributed by atoms with Gasteiger partial charge in [0.2, 0.25) is 0 Å². The number of rotatable bonds is 4. The minimum atomic E-state index is -0.612. The fourth-order valence-electron chi connectivity index (χ4n) is 3.38. The second kappa shape index (κ2) is 7.04. The lowest BCUT2D eigenvalue weighted by molar-refractivity contribution is 0.102. The molecule has 0 aromatic heterocycles. The van der Waals surface area contributed by atoms with Crippen LogP contribution < -0.4 is 10.6 Å². The second-order valence-corrected chi connectivity index (χ2v) is 6.58. The number of nitrogens with one attached hydrogen (secondary N) is 2. The number of phenolic OH excluding ortho intramolecular Hbond substituents is 1. The van der Waals surface area contributed by atoms with Gasteiger partial charge in [-0.25, -0.2) is 4.79 Å². The van der Waals surface area contributed by atoms with E-state index in [4.69, 9.17) is 0 Å². The fourth-order valence-corrected chi connectivity index (χ4v) is 3.38. The highest BCUT2D eigenvalue weighted by atomic mass is 16.3. The summed E-state index contributed by atoms with van der Waals surface area (Å²) in [5.41, 5.74) is 4.38. The van der Waals surface area contributed by atoms with Gasteiger partial charge >= 0.3 is 6.03 Å². The maximum absolute atomic E-state index is 13.3. The highest BCUT2D eigenvalue weighted by Crippen LogP contribution is 2.32. The number of Topliss-reactive ketones (excluding diaryl/α,β-unsaturated/α-hetero) is 1. The average molecular weight is 350 g/mol. The fraction of sp³-hybridized carbons (Fsp3) is 0.238. The van der Waals surface area contributed by atoms with Crippen molar-refractivity contribution >= 4 is 11.8 Å². The molecule has 0 bridgehead atoms. The Hall–Kier alpha value is -3.08. The molecule has 0 aliphatic carbocycles. The van der Waals surface area contributed by atoms with Gasteiger partial charge in [0.25, 0.3) is 0 Å². The van der Waals surface area contributed by atoms with Crippen LogP contribution in [0.2, 0.25) is 0 Å². The Morgan fingerprint density at radius 2 is 1.81 bits per heavy atom. The van der Waals surface area contributed by atoms with E-state index in [1.54, 1.807) is 24.3 Å². The molecule has 1 aliphatic heterocycles. The quantitative estimate of drug-likeness (QED) is 0.732. The van der Waals surface area contributed by atoms with Crippen molar-refractivity contribution in [2.75, 3.05) is 0 Å². The summed E-state index contributed by atoms with van der Waals surface area (Å²) >= 11 is 0. The van der Waals surface area contributed by atoms with Crippen LogP contribution in [0.3, 0.4) is 0 Å². The van der Waals surface area contributed by atoms with E-state index in [1.165, 1.54) is 0 Å². The van der Waals surface area contributed by atoms with Gasteiger partial charge in [0.15, 0.2) is 5.78 Å². The molecule has 0 saturated carbocycles. The lowest BCUT2D eigenvalue weighted by Gasteiger charge is -2.30. The number of phenols is 1. The molecule has 26 heavy (non-hydrogen) atoms. The highest BCUT2D eigenvalue weighted by molar-refractivity contribution is 6.11. The number of amides is 2. The van der Waals surface area contributed by atoms with E-state index >= 15 is 0 Å². The van der Waals surface area contributed by atoms with Gasteiger partial charge in [-0.2, -0.15) is 0 Å². The van der Waals surface area contributed by atoms with Crippen LogP contribution in [0.5, 0.6) is 5.75 Å². The average Bonchev–Trinajstić information content (AvgIpc) is 2.59. The maximum atomic E-state index is 13.3. The zero-order valence-corrected chi connectivity index (χ0v) is 15.1. The van der Waals surface area contributed by atoms with Gasteiger partial charge in [-0.1, -0.05) is 36.2 Å². The third kappa shape index (κ3) is 3.47. The van der Waals surface area contributed by atoms with E-state index in [-0.39, 0.29) is 17.6 Å². The summed E-state index contributed by atoms with van der Waals surface area (Å²) in [6, 6.07) is 11.4. The standard InChI is InChI=1S/C21H22N2O3/c1-4-17-18(20(25)15-9-12(2)8-13(3)10-15)19(23-21(26)22-17)14-6-5-7-16(24)11-14/h5-11,19,24H,4H2,1-3H3,(H2,22,23,26). The van der Waals surface area contributed by atoms with Crippen LogP contribution in [0.15, 0.2) is 53.7 Å². The molecule has 2 aromatic carbocycles. The van der Waals surface area contributed by atoms with E-state index in [9.17, 15) is 14.7 Å². The lowest BCUT2D eigenvalue weighted by atomic mass is 9.88.